The van der Waals surface area contributed by atoms with Crippen molar-refractivity contribution in [1.29, 1.82) is 0 Å². The van der Waals surface area contributed by atoms with Crippen molar-refractivity contribution >= 4 is 17.2 Å². The molecule has 110 valence electrons. The molecule has 3 rings (SSSR count). The van der Waals surface area contributed by atoms with Gasteiger partial charge in [0.15, 0.2) is 0 Å². The van der Waals surface area contributed by atoms with Crippen LogP contribution < -0.4 is 5.73 Å². The first-order valence-electron chi connectivity index (χ1n) is 7.53. The summed E-state index contributed by atoms with van der Waals surface area (Å²) in [7, 11) is 0. The summed E-state index contributed by atoms with van der Waals surface area (Å²) in [6.07, 6.45) is 3.10. The van der Waals surface area contributed by atoms with Crippen molar-refractivity contribution in [2.75, 3.05) is 26.2 Å². The molecule has 1 aromatic rings. The zero-order valence-electron chi connectivity index (χ0n) is 11.8. The Morgan fingerprint density at radius 2 is 2.10 bits per heavy atom. The van der Waals surface area contributed by atoms with Crippen LogP contribution in [0.2, 0.25) is 0 Å². The van der Waals surface area contributed by atoms with Gasteiger partial charge in [0.25, 0.3) is 0 Å². The number of carbonyl (C=O) groups excluding carboxylic acids is 1. The predicted octanol–water partition coefficient (Wildman–Crippen LogP) is 1.52. The van der Waals surface area contributed by atoms with Gasteiger partial charge in [-0.2, -0.15) is 0 Å². The Labute approximate surface area is 124 Å². The number of nitrogens with two attached hydrogens (primary N) is 1. The quantitative estimate of drug-likeness (QED) is 0.919. The van der Waals surface area contributed by atoms with Gasteiger partial charge >= 0.3 is 0 Å². The third-order valence-electron chi connectivity index (χ3n) is 4.53. The second-order valence-corrected chi connectivity index (χ2v) is 6.91. The van der Waals surface area contributed by atoms with Gasteiger partial charge in [-0.05, 0) is 24.3 Å². The van der Waals surface area contributed by atoms with E-state index in [2.05, 4.69) is 22.4 Å². The van der Waals surface area contributed by atoms with Crippen LogP contribution >= 0.6 is 11.3 Å². The van der Waals surface area contributed by atoms with Crippen LogP contribution in [0.1, 0.15) is 24.1 Å². The molecule has 2 fully saturated rings. The molecule has 0 aromatic carbocycles. The summed E-state index contributed by atoms with van der Waals surface area (Å²) in [5, 5.41) is 2.12. The largest absolute Gasteiger partial charge is 0.340 e. The van der Waals surface area contributed by atoms with Crippen LogP contribution in [0.15, 0.2) is 17.5 Å². The Bertz CT molecular complexity index is 440. The van der Waals surface area contributed by atoms with Crippen LogP contribution in [-0.4, -0.2) is 47.9 Å². The van der Waals surface area contributed by atoms with Crippen molar-refractivity contribution < 1.29 is 4.79 Å². The summed E-state index contributed by atoms with van der Waals surface area (Å²) in [5.74, 6) is 0.379. The maximum absolute atomic E-state index is 12.5. The number of nitrogens with zero attached hydrogens (tertiary/aromatic N) is 2. The monoisotopic (exact) mass is 293 g/mol. The highest BCUT2D eigenvalue weighted by Crippen LogP contribution is 2.26. The first-order chi connectivity index (χ1) is 9.74. The molecule has 2 unspecified atom stereocenters. The van der Waals surface area contributed by atoms with Gasteiger partial charge in [0.2, 0.25) is 5.91 Å². The third-order valence-corrected chi connectivity index (χ3v) is 5.39. The van der Waals surface area contributed by atoms with Gasteiger partial charge in [-0.15, -0.1) is 11.3 Å². The third kappa shape index (κ3) is 3.05. The normalized spacial score (nSPS) is 27.9. The fraction of sp³-hybridized carbons (Fsp3) is 0.667. The molecular weight excluding hydrogens is 270 g/mol. The second kappa shape index (κ2) is 6.24. The highest BCUT2D eigenvalue weighted by Gasteiger charge is 2.34. The molecule has 2 heterocycles. The van der Waals surface area contributed by atoms with Crippen molar-refractivity contribution in [3.63, 3.8) is 0 Å². The topological polar surface area (TPSA) is 49.6 Å². The highest BCUT2D eigenvalue weighted by molar-refractivity contribution is 7.09. The predicted molar refractivity (Wildman–Crippen MR) is 81.5 cm³/mol. The molecule has 5 heteroatoms. The van der Waals surface area contributed by atoms with Crippen LogP contribution in [0.3, 0.4) is 0 Å². The van der Waals surface area contributed by atoms with Crippen LogP contribution in [0.5, 0.6) is 0 Å². The Morgan fingerprint density at radius 1 is 1.30 bits per heavy atom. The van der Waals surface area contributed by atoms with Gasteiger partial charge in [-0.1, -0.05) is 12.5 Å². The lowest BCUT2D eigenvalue weighted by molar-refractivity contribution is -0.137. The molecule has 2 N–H and O–H groups in total. The van der Waals surface area contributed by atoms with Crippen molar-refractivity contribution in [2.45, 2.75) is 31.8 Å². The smallest absolute Gasteiger partial charge is 0.227 e. The number of piperazine rings is 1. The molecule has 1 aliphatic heterocycles. The van der Waals surface area contributed by atoms with Gasteiger partial charge in [0.05, 0.1) is 5.92 Å². The maximum atomic E-state index is 12.5. The van der Waals surface area contributed by atoms with Crippen LogP contribution in [-0.2, 0) is 11.3 Å². The summed E-state index contributed by atoms with van der Waals surface area (Å²) in [5.41, 5.74) is 6.05. The first-order valence-corrected chi connectivity index (χ1v) is 8.41. The lowest BCUT2D eigenvalue weighted by Crippen LogP contribution is -2.51. The fourth-order valence-corrected chi connectivity index (χ4v) is 4.03. The van der Waals surface area contributed by atoms with E-state index in [1.54, 1.807) is 11.3 Å². The zero-order valence-corrected chi connectivity index (χ0v) is 12.6. The molecule has 20 heavy (non-hydrogen) atoms. The van der Waals surface area contributed by atoms with E-state index in [9.17, 15) is 4.79 Å². The zero-order chi connectivity index (χ0) is 13.9. The minimum absolute atomic E-state index is 0.0823. The Kier molecular flexibility index (Phi) is 4.38. The standard InChI is InChI=1S/C15H23N3OS/c16-14-5-1-4-13(14)15(19)18-8-6-17(7-9-18)11-12-3-2-10-20-12/h2-3,10,13-14H,1,4-9,11,16H2. The molecule has 1 amide bonds. The van der Waals surface area contributed by atoms with Gasteiger partial charge in [-0.25, -0.2) is 0 Å². The van der Waals surface area contributed by atoms with E-state index >= 15 is 0 Å². The Balaban J connectivity index is 1.49. The van der Waals surface area contributed by atoms with E-state index in [1.807, 2.05) is 4.90 Å². The van der Waals surface area contributed by atoms with Crippen molar-refractivity contribution in [2.24, 2.45) is 11.7 Å². The minimum atomic E-state index is 0.0823. The van der Waals surface area contributed by atoms with E-state index in [0.29, 0.717) is 5.91 Å². The average Bonchev–Trinajstić information content (AvgIpc) is 3.10. The van der Waals surface area contributed by atoms with Crippen molar-refractivity contribution in [1.82, 2.24) is 9.80 Å². The van der Waals surface area contributed by atoms with Crippen LogP contribution in [0, 0.1) is 5.92 Å². The molecule has 0 radical (unpaired) electrons. The van der Waals surface area contributed by atoms with E-state index in [0.717, 1.165) is 52.0 Å². The van der Waals surface area contributed by atoms with E-state index in [4.69, 9.17) is 5.73 Å². The molecule has 2 atom stereocenters. The van der Waals surface area contributed by atoms with Gasteiger partial charge in [-0.3, -0.25) is 9.69 Å². The van der Waals surface area contributed by atoms with Gasteiger partial charge < -0.3 is 10.6 Å². The van der Waals surface area contributed by atoms with E-state index < -0.39 is 0 Å². The second-order valence-electron chi connectivity index (χ2n) is 5.88. The van der Waals surface area contributed by atoms with Crippen molar-refractivity contribution in [3.8, 4) is 0 Å². The lowest BCUT2D eigenvalue weighted by Gasteiger charge is -2.36. The van der Waals surface area contributed by atoms with Crippen LogP contribution in [0.4, 0.5) is 0 Å². The first kappa shape index (κ1) is 14.0. The SMILES string of the molecule is NC1CCCC1C(=O)N1CCN(Cc2cccs2)CC1. The Morgan fingerprint density at radius 3 is 2.70 bits per heavy atom. The molecule has 0 bridgehead atoms. The number of rotatable bonds is 3. The van der Waals surface area contributed by atoms with Gasteiger partial charge in [0, 0.05) is 43.6 Å². The molecule has 2 aliphatic rings. The lowest BCUT2D eigenvalue weighted by atomic mass is 10.0. The molecule has 1 saturated carbocycles. The summed E-state index contributed by atoms with van der Waals surface area (Å²) in [4.78, 5) is 18.3. The summed E-state index contributed by atoms with van der Waals surface area (Å²) < 4.78 is 0. The number of hydrogen-bond donors (Lipinski definition) is 1. The maximum Gasteiger partial charge on any atom is 0.227 e. The fourth-order valence-electron chi connectivity index (χ4n) is 3.28. The van der Waals surface area contributed by atoms with Crippen LogP contribution in [0.25, 0.3) is 0 Å². The molecule has 1 aliphatic carbocycles. The number of amides is 1. The average molecular weight is 293 g/mol. The molecular formula is C15H23N3OS. The van der Waals surface area contributed by atoms with Gasteiger partial charge in [0.1, 0.15) is 0 Å². The van der Waals surface area contributed by atoms with Crippen molar-refractivity contribution in [3.05, 3.63) is 22.4 Å². The minimum Gasteiger partial charge on any atom is -0.340 e. The van der Waals surface area contributed by atoms with E-state index in [-0.39, 0.29) is 12.0 Å². The number of hydrogen-bond acceptors (Lipinski definition) is 4. The summed E-state index contributed by atoms with van der Waals surface area (Å²) >= 11 is 1.81. The number of thiophene rings is 1. The highest BCUT2D eigenvalue weighted by atomic mass is 32.1. The summed E-state index contributed by atoms with van der Waals surface area (Å²) in [6, 6.07) is 4.37. The Hall–Kier alpha value is -0.910. The molecule has 1 aromatic heterocycles. The molecule has 1 saturated heterocycles. The van der Waals surface area contributed by atoms with E-state index in [1.165, 1.54) is 4.88 Å². The number of carbonyl (C=O) groups is 1. The molecule has 4 nitrogen and oxygen atoms in total. The summed E-state index contributed by atoms with van der Waals surface area (Å²) in [6.45, 7) is 4.68. The molecule has 0 spiro atoms.